The van der Waals surface area contributed by atoms with Crippen LogP contribution < -0.4 is 5.32 Å². The fourth-order valence-corrected chi connectivity index (χ4v) is 2.17. The molecule has 0 aliphatic rings. The highest BCUT2D eigenvalue weighted by atomic mass is 19.1. The highest BCUT2D eigenvalue weighted by molar-refractivity contribution is 5.79. The molecule has 104 valence electrons. The molecule has 1 amide bonds. The van der Waals surface area contributed by atoms with Crippen LogP contribution in [0.25, 0.3) is 0 Å². The van der Waals surface area contributed by atoms with E-state index in [1.807, 2.05) is 37.3 Å². The van der Waals surface area contributed by atoms with Gasteiger partial charge >= 0.3 is 0 Å². The van der Waals surface area contributed by atoms with Crippen LogP contribution in [0.1, 0.15) is 30.5 Å². The van der Waals surface area contributed by atoms with Gasteiger partial charge in [0.05, 0.1) is 12.5 Å². The molecule has 1 atom stereocenters. The lowest BCUT2D eigenvalue weighted by Crippen LogP contribution is -2.29. The van der Waals surface area contributed by atoms with Crippen molar-refractivity contribution in [3.05, 3.63) is 71.5 Å². The maximum Gasteiger partial charge on any atom is 0.225 e. The number of nitrogens with one attached hydrogen (secondary N) is 1. The largest absolute Gasteiger partial charge is 0.349 e. The molecule has 0 saturated heterocycles. The van der Waals surface area contributed by atoms with E-state index in [1.54, 1.807) is 18.2 Å². The minimum absolute atomic E-state index is 0.0320. The number of halogens is 1. The molecule has 1 unspecified atom stereocenters. The summed E-state index contributed by atoms with van der Waals surface area (Å²) in [5.41, 5.74) is 1.49. The Hall–Kier alpha value is -2.16. The summed E-state index contributed by atoms with van der Waals surface area (Å²) < 4.78 is 13.5. The van der Waals surface area contributed by atoms with E-state index in [4.69, 9.17) is 0 Å². The lowest BCUT2D eigenvalue weighted by molar-refractivity contribution is -0.121. The fourth-order valence-electron chi connectivity index (χ4n) is 2.17. The summed E-state index contributed by atoms with van der Waals surface area (Å²) in [5.74, 6) is -0.499. The van der Waals surface area contributed by atoms with Crippen molar-refractivity contribution >= 4 is 5.91 Å². The first-order valence-corrected chi connectivity index (χ1v) is 6.78. The zero-order valence-corrected chi connectivity index (χ0v) is 11.5. The molecule has 0 aromatic heterocycles. The van der Waals surface area contributed by atoms with Crippen LogP contribution >= 0.6 is 0 Å². The van der Waals surface area contributed by atoms with Crippen LogP contribution in [0.3, 0.4) is 0 Å². The van der Waals surface area contributed by atoms with Gasteiger partial charge in [0.25, 0.3) is 0 Å². The SMILES string of the molecule is CCC(NC(=O)Cc1ccccc1F)c1ccccc1. The standard InChI is InChI=1S/C17H18FNO/c1-2-16(13-8-4-3-5-9-13)19-17(20)12-14-10-6-7-11-15(14)18/h3-11,16H,2,12H2,1H3,(H,19,20). The number of hydrogen-bond donors (Lipinski definition) is 1. The van der Waals surface area contributed by atoms with Crippen molar-refractivity contribution < 1.29 is 9.18 Å². The van der Waals surface area contributed by atoms with Gasteiger partial charge in [-0.15, -0.1) is 0 Å². The second-order valence-corrected chi connectivity index (χ2v) is 4.71. The summed E-state index contributed by atoms with van der Waals surface area (Å²) >= 11 is 0. The van der Waals surface area contributed by atoms with Crippen LogP contribution in [0, 0.1) is 5.82 Å². The Bertz CT molecular complexity index is 568. The molecule has 0 aliphatic carbocycles. The van der Waals surface area contributed by atoms with Gasteiger partial charge in [-0.1, -0.05) is 55.5 Å². The third kappa shape index (κ3) is 3.67. The first-order chi connectivity index (χ1) is 9.70. The quantitative estimate of drug-likeness (QED) is 0.884. The Morgan fingerprint density at radius 2 is 1.75 bits per heavy atom. The van der Waals surface area contributed by atoms with Gasteiger partial charge in [0.1, 0.15) is 5.82 Å². The first-order valence-electron chi connectivity index (χ1n) is 6.78. The second kappa shape index (κ2) is 6.85. The van der Waals surface area contributed by atoms with Crippen LogP contribution in [0.15, 0.2) is 54.6 Å². The van der Waals surface area contributed by atoms with E-state index in [9.17, 15) is 9.18 Å². The maximum atomic E-state index is 13.5. The summed E-state index contributed by atoms with van der Waals surface area (Å²) in [6, 6.07) is 16.1. The van der Waals surface area contributed by atoms with Gasteiger partial charge in [-0.25, -0.2) is 4.39 Å². The maximum absolute atomic E-state index is 13.5. The number of carbonyl (C=O) groups excluding carboxylic acids is 1. The summed E-state index contributed by atoms with van der Waals surface area (Å²) in [5, 5.41) is 2.95. The van der Waals surface area contributed by atoms with Crippen molar-refractivity contribution in [3.63, 3.8) is 0 Å². The Kier molecular flexibility index (Phi) is 4.88. The van der Waals surface area contributed by atoms with E-state index in [1.165, 1.54) is 6.07 Å². The van der Waals surface area contributed by atoms with Crippen molar-refractivity contribution in [3.8, 4) is 0 Å². The van der Waals surface area contributed by atoms with E-state index in [-0.39, 0.29) is 24.2 Å². The van der Waals surface area contributed by atoms with Crippen LogP contribution in [-0.4, -0.2) is 5.91 Å². The lowest BCUT2D eigenvalue weighted by Gasteiger charge is -2.17. The molecule has 2 aromatic rings. The van der Waals surface area contributed by atoms with Crippen molar-refractivity contribution in [2.24, 2.45) is 0 Å². The third-order valence-corrected chi connectivity index (χ3v) is 3.25. The first kappa shape index (κ1) is 14.3. The van der Waals surface area contributed by atoms with E-state index >= 15 is 0 Å². The molecule has 0 saturated carbocycles. The fraction of sp³-hybridized carbons (Fsp3) is 0.235. The molecule has 0 aliphatic heterocycles. The van der Waals surface area contributed by atoms with E-state index in [0.717, 1.165) is 12.0 Å². The van der Waals surface area contributed by atoms with Gasteiger partial charge in [-0.2, -0.15) is 0 Å². The van der Waals surface area contributed by atoms with Crippen LogP contribution in [-0.2, 0) is 11.2 Å². The molecule has 1 N–H and O–H groups in total. The molecule has 0 spiro atoms. The predicted molar refractivity (Wildman–Crippen MR) is 77.7 cm³/mol. The highest BCUT2D eigenvalue weighted by Gasteiger charge is 2.13. The summed E-state index contributed by atoms with van der Waals surface area (Å²) in [6.07, 6.45) is 0.864. The monoisotopic (exact) mass is 271 g/mol. The molecular formula is C17H18FNO. The molecule has 0 fully saturated rings. The van der Waals surface area contributed by atoms with Gasteiger partial charge in [-0.05, 0) is 23.6 Å². The summed E-state index contributed by atoms with van der Waals surface area (Å²) in [7, 11) is 0. The number of carbonyl (C=O) groups is 1. The van der Waals surface area contributed by atoms with Crippen molar-refractivity contribution in [1.82, 2.24) is 5.32 Å². The zero-order valence-electron chi connectivity index (χ0n) is 11.5. The van der Waals surface area contributed by atoms with E-state index in [0.29, 0.717) is 5.56 Å². The molecule has 0 heterocycles. The Morgan fingerprint density at radius 1 is 1.10 bits per heavy atom. The van der Waals surface area contributed by atoms with Crippen LogP contribution in [0.4, 0.5) is 4.39 Å². The van der Waals surface area contributed by atoms with Crippen molar-refractivity contribution in [2.45, 2.75) is 25.8 Å². The lowest BCUT2D eigenvalue weighted by atomic mass is 10.0. The minimum atomic E-state index is -0.338. The Morgan fingerprint density at radius 3 is 2.40 bits per heavy atom. The average Bonchev–Trinajstić information content (AvgIpc) is 2.48. The zero-order chi connectivity index (χ0) is 14.4. The smallest absolute Gasteiger partial charge is 0.225 e. The molecular weight excluding hydrogens is 253 g/mol. The summed E-state index contributed by atoms with van der Waals surface area (Å²) in [4.78, 5) is 12.0. The number of rotatable bonds is 5. The van der Waals surface area contributed by atoms with Crippen LogP contribution in [0.2, 0.25) is 0 Å². The summed E-state index contributed by atoms with van der Waals surface area (Å²) in [6.45, 7) is 2.01. The number of benzene rings is 2. The molecule has 2 rings (SSSR count). The van der Waals surface area contributed by atoms with Crippen LogP contribution in [0.5, 0.6) is 0 Å². The third-order valence-electron chi connectivity index (χ3n) is 3.25. The van der Waals surface area contributed by atoms with E-state index < -0.39 is 0 Å². The highest BCUT2D eigenvalue weighted by Crippen LogP contribution is 2.16. The van der Waals surface area contributed by atoms with Crippen molar-refractivity contribution in [1.29, 1.82) is 0 Å². The Balaban J connectivity index is 2.02. The van der Waals surface area contributed by atoms with Gasteiger partial charge in [0, 0.05) is 0 Å². The number of hydrogen-bond acceptors (Lipinski definition) is 1. The average molecular weight is 271 g/mol. The van der Waals surface area contributed by atoms with Crippen molar-refractivity contribution in [2.75, 3.05) is 0 Å². The molecule has 0 bridgehead atoms. The number of amides is 1. The topological polar surface area (TPSA) is 29.1 Å². The predicted octanol–water partition coefficient (Wildman–Crippen LogP) is 3.64. The minimum Gasteiger partial charge on any atom is -0.349 e. The van der Waals surface area contributed by atoms with E-state index in [2.05, 4.69) is 5.32 Å². The van der Waals surface area contributed by atoms with Gasteiger partial charge in [-0.3, -0.25) is 4.79 Å². The van der Waals surface area contributed by atoms with Gasteiger partial charge in [0.15, 0.2) is 0 Å². The van der Waals surface area contributed by atoms with Gasteiger partial charge in [0.2, 0.25) is 5.91 Å². The molecule has 2 nitrogen and oxygen atoms in total. The second-order valence-electron chi connectivity index (χ2n) is 4.71. The Labute approximate surface area is 118 Å². The molecule has 2 aromatic carbocycles. The normalized spacial score (nSPS) is 11.9. The van der Waals surface area contributed by atoms with Gasteiger partial charge < -0.3 is 5.32 Å². The molecule has 3 heteroatoms. The molecule has 20 heavy (non-hydrogen) atoms. The molecule has 0 radical (unpaired) electrons.